The number of nitrogens with one attached hydrogen (secondary N) is 1. The summed E-state index contributed by atoms with van der Waals surface area (Å²) in [6.07, 6.45) is 3.10. The first kappa shape index (κ1) is 13.1. The highest BCUT2D eigenvalue weighted by Gasteiger charge is 2.09. The second-order valence-corrected chi connectivity index (χ2v) is 5.37. The number of hydrogen-bond acceptors (Lipinski definition) is 5. The highest BCUT2D eigenvalue weighted by molar-refractivity contribution is 9.10. The van der Waals surface area contributed by atoms with Crippen LogP contribution in [0.15, 0.2) is 41.3 Å². The van der Waals surface area contributed by atoms with Crippen molar-refractivity contribution in [3.8, 4) is 0 Å². The van der Waals surface area contributed by atoms with Crippen molar-refractivity contribution in [2.45, 2.75) is 0 Å². The zero-order valence-corrected chi connectivity index (χ0v) is 12.5. The Balaban J connectivity index is 2.09. The second kappa shape index (κ2) is 5.22. The van der Waals surface area contributed by atoms with E-state index in [1.54, 1.807) is 6.20 Å². The van der Waals surface area contributed by atoms with Crippen LogP contribution in [0.25, 0.3) is 10.9 Å². The van der Waals surface area contributed by atoms with Crippen molar-refractivity contribution in [3.05, 3.63) is 46.3 Å². The van der Waals surface area contributed by atoms with Crippen molar-refractivity contribution in [1.29, 1.82) is 0 Å². The summed E-state index contributed by atoms with van der Waals surface area (Å²) in [5, 5.41) is 4.43. The molecule has 1 aromatic carbocycles. The van der Waals surface area contributed by atoms with Gasteiger partial charge in [-0.25, -0.2) is 9.97 Å². The molecule has 3 aromatic rings. The summed E-state index contributed by atoms with van der Waals surface area (Å²) in [6.45, 7) is 0. The average Bonchev–Trinajstić information content (AvgIpc) is 2.44. The smallest absolute Gasteiger partial charge is 0.154 e. The van der Waals surface area contributed by atoms with Gasteiger partial charge in [0.05, 0.1) is 11.2 Å². The van der Waals surface area contributed by atoms with E-state index in [1.165, 1.54) is 6.33 Å². The molecule has 0 atom stereocenters. The summed E-state index contributed by atoms with van der Waals surface area (Å²) in [6, 6.07) is 7.80. The van der Waals surface area contributed by atoms with Crippen LogP contribution in [-0.2, 0) is 0 Å². The first-order chi connectivity index (χ1) is 9.65. The molecule has 0 bridgehead atoms. The Hall–Kier alpha value is -1.92. The zero-order chi connectivity index (χ0) is 14.1. The van der Waals surface area contributed by atoms with Gasteiger partial charge in [0.1, 0.15) is 17.2 Å². The summed E-state index contributed by atoms with van der Waals surface area (Å²) in [7, 11) is 0. The number of para-hydroxylation sites is 1. The first-order valence-corrected chi connectivity index (χ1v) is 6.89. The van der Waals surface area contributed by atoms with Gasteiger partial charge in [-0.05, 0) is 28.1 Å². The van der Waals surface area contributed by atoms with E-state index < -0.39 is 0 Å². The van der Waals surface area contributed by atoms with Crippen LogP contribution in [0.5, 0.6) is 0 Å². The first-order valence-electron chi connectivity index (χ1n) is 5.72. The number of benzene rings is 1. The molecule has 3 rings (SSSR count). The van der Waals surface area contributed by atoms with Crippen molar-refractivity contribution in [3.63, 3.8) is 0 Å². The molecular formula is C13H9BrClN5. The van der Waals surface area contributed by atoms with E-state index in [1.807, 2.05) is 24.3 Å². The van der Waals surface area contributed by atoms with Crippen LogP contribution in [0.3, 0.4) is 0 Å². The van der Waals surface area contributed by atoms with Gasteiger partial charge in [-0.2, -0.15) is 0 Å². The third kappa shape index (κ3) is 2.39. The third-order valence-corrected chi connectivity index (χ3v) is 3.55. The lowest BCUT2D eigenvalue weighted by atomic mass is 10.2. The maximum absolute atomic E-state index is 6.08. The standard InChI is InChI=1S/C13H9BrClN5/c14-8-4-7-2-1-3-9(11(7)17-5-8)20-13-10(15)12(16)18-6-19-13/h1-6H,(H3,16,18,19,20). The van der Waals surface area contributed by atoms with Crippen molar-refractivity contribution >= 4 is 55.8 Å². The van der Waals surface area contributed by atoms with Crippen molar-refractivity contribution < 1.29 is 0 Å². The van der Waals surface area contributed by atoms with Crippen molar-refractivity contribution in [1.82, 2.24) is 15.0 Å². The number of nitrogens with two attached hydrogens (primary N) is 1. The van der Waals surface area contributed by atoms with E-state index in [0.717, 1.165) is 21.1 Å². The number of anilines is 3. The van der Waals surface area contributed by atoms with Crippen LogP contribution in [-0.4, -0.2) is 15.0 Å². The van der Waals surface area contributed by atoms with Crippen molar-refractivity contribution in [2.24, 2.45) is 0 Å². The summed E-state index contributed by atoms with van der Waals surface area (Å²) < 4.78 is 0.923. The molecule has 0 radical (unpaired) electrons. The Kier molecular flexibility index (Phi) is 3.42. The average molecular weight is 351 g/mol. The number of nitrogens with zero attached hydrogens (tertiary/aromatic N) is 3. The molecule has 2 heterocycles. The van der Waals surface area contributed by atoms with E-state index >= 15 is 0 Å². The summed E-state index contributed by atoms with van der Waals surface area (Å²) in [5.74, 6) is 0.691. The lowest BCUT2D eigenvalue weighted by molar-refractivity contribution is 1.18. The topological polar surface area (TPSA) is 76.7 Å². The van der Waals surface area contributed by atoms with Crippen LogP contribution in [0.2, 0.25) is 5.02 Å². The molecule has 2 aromatic heterocycles. The van der Waals surface area contributed by atoms with Crippen LogP contribution < -0.4 is 11.1 Å². The summed E-state index contributed by atoms with van der Waals surface area (Å²) in [4.78, 5) is 12.3. The van der Waals surface area contributed by atoms with Crippen LogP contribution >= 0.6 is 27.5 Å². The molecular weight excluding hydrogens is 342 g/mol. The number of halogens is 2. The monoisotopic (exact) mass is 349 g/mol. The third-order valence-electron chi connectivity index (χ3n) is 2.75. The minimum absolute atomic E-state index is 0.236. The fourth-order valence-electron chi connectivity index (χ4n) is 1.83. The van der Waals surface area contributed by atoms with Crippen LogP contribution in [0, 0.1) is 0 Å². The fraction of sp³-hybridized carbons (Fsp3) is 0. The molecule has 0 saturated carbocycles. The molecule has 7 heteroatoms. The number of nitrogen functional groups attached to an aromatic ring is 1. The zero-order valence-electron chi connectivity index (χ0n) is 10.1. The van der Waals surface area contributed by atoms with Gasteiger partial charge in [0.25, 0.3) is 0 Å². The second-order valence-electron chi connectivity index (χ2n) is 4.08. The van der Waals surface area contributed by atoms with Gasteiger partial charge in [-0.1, -0.05) is 23.7 Å². The lowest BCUT2D eigenvalue weighted by Gasteiger charge is -2.10. The molecule has 100 valence electrons. The molecule has 0 saturated heterocycles. The molecule has 5 nitrogen and oxygen atoms in total. The van der Waals surface area contributed by atoms with E-state index in [9.17, 15) is 0 Å². The van der Waals surface area contributed by atoms with Crippen molar-refractivity contribution in [2.75, 3.05) is 11.1 Å². The minimum atomic E-state index is 0.236. The van der Waals surface area contributed by atoms with Gasteiger partial charge < -0.3 is 11.1 Å². The quantitative estimate of drug-likeness (QED) is 0.736. The molecule has 0 aliphatic heterocycles. The normalized spacial score (nSPS) is 10.7. The Morgan fingerprint density at radius 2 is 2.05 bits per heavy atom. The Morgan fingerprint density at radius 3 is 2.90 bits per heavy atom. The molecule has 0 aliphatic rings. The molecule has 0 amide bonds. The summed E-state index contributed by atoms with van der Waals surface area (Å²) in [5.41, 5.74) is 7.29. The van der Waals surface area contributed by atoms with Crippen LogP contribution in [0.1, 0.15) is 0 Å². The van der Waals surface area contributed by atoms with E-state index in [0.29, 0.717) is 10.8 Å². The molecule has 0 spiro atoms. The van der Waals surface area contributed by atoms with Gasteiger partial charge in [0.15, 0.2) is 5.82 Å². The van der Waals surface area contributed by atoms with Gasteiger partial charge in [-0.15, -0.1) is 0 Å². The molecule has 20 heavy (non-hydrogen) atoms. The number of pyridine rings is 1. The molecule has 0 fully saturated rings. The highest BCUT2D eigenvalue weighted by Crippen LogP contribution is 2.30. The van der Waals surface area contributed by atoms with E-state index in [2.05, 4.69) is 36.2 Å². The van der Waals surface area contributed by atoms with Crippen LogP contribution in [0.4, 0.5) is 17.3 Å². The Labute approximate surface area is 128 Å². The highest BCUT2D eigenvalue weighted by atomic mass is 79.9. The molecule has 0 unspecified atom stereocenters. The Morgan fingerprint density at radius 1 is 1.20 bits per heavy atom. The predicted octanol–water partition coefficient (Wildman–Crippen LogP) is 3.77. The predicted molar refractivity (Wildman–Crippen MR) is 84.2 cm³/mol. The number of rotatable bonds is 2. The summed E-state index contributed by atoms with van der Waals surface area (Å²) >= 11 is 9.48. The maximum atomic E-state index is 6.08. The SMILES string of the molecule is Nc1ncnc(Nc2cccc3cc(Br)cnc23)c1Cl. The maximum Gasteiger partial charge on any atom is 0.154 e. The number of fused-ring (bicyclic) bond motifs is 1. The van der Waals surface area contributed by atoms with Gasteiger partial charge in [-0.3, -0.25) is 4.98 Å². The number of hydrogen-bond donors (Lipinski definition) is 2. The van der Waals surface area contributed by atoms with Gasteiger partial charge in [0.2, 0.25) is 0 Å². The number of aromatic nitrogens is 3. The van der Waals surface area contributed by atoms with E-state index in [-0.39, 0.29) is 5.82 Å². The molecule has 0 aliphatic carbocycles. The fourth-order valence-corrected chi connectivity index (χ4v) is 2.33. The largest absolute Gasteiger partial charge is 0.382 e. The van der Waals surface area contributed by atoms with E-state index in [4.69, 9.17) is 17.3 Å². The minimum Gasteiger partial charge on any atom is -0.382 e. The Bertz CT molecular complexity index is 793. The van der Waals surface area contributed by atoms with Gasteiger partial charge >= 0.3 is 0 Å². The van der Waals surface area contributed by atoms with Gasteiger partial charge in [0, 0.05) is 16.1 Å². The lowest BCUT2D eigenvalue weighted by Crippen LogP contribution is -2.00. The molecule has 3 N–H and O–H groups in total.